The fourth-order valence-electron chi connectivity index (χ4n) is 2.26. The molecule has 2 aromatic rings. The van der Waals surface area contributed by atoms with Gasteiger partial charge in [-0.05, 0) is 19.9 Å². The summed E-state index contributed by atoms with van der Waals surface area (Å²) in [6.07, 6.45) is 1.34. The molecule has 0 fully saturated rings. The molecule has 0 saturated heterocycles. The first kappa shape index (κ1) is 17.5. The molecule has 128 valence electrons. The Hall–Kier alpha value is -2.90. The monoisotopic (exact) mass is 332 g/mol. The number of aryl methyl sites for hydroxylation is 2. The van der Waals surface area contributed by atoms with Crippen molar-refractivity contribution in [2.75, 3.05) is 13.7 Å². The van der Waals surface area contributed by atoms with Crippen LogP contribution in [0.3, 0.4) is 0 Å². The molecular weight excluding hydrogens is 312 g/mol. The number of carbonyl (C=O) groups excluding carboxylic acids is 1. The largest absolute Gasteiger partial charge is 0.496 e. The lowest BCUT2D eigenvalue weighted by molar-refractivity contribution is -0.121. The van der Waals surface area contributed by atoms with Gasteiger partial charge in [0.25, 0.3) is 11.1 Å². The van der Waals surface area contributed by atoms with E-state index in [4.69, 9.17) is 4.74 Å². The van der Waals surface area contributed by atoms with E-state index >= 15 is 0 Å². The third-order valence-corrected chi connectivity index (χ3v) is 3.53. The van der Waals surface area contributed by atoms with E-state index in [1.165, 1.54) is 30.1 Å². The first-order valence-electron chi connectivity index (χ1n) is 7.46. The number of nitrogens with one attached hydrogen (secondary N) is 1. The summed E-state index contributed by atoms with van der Waals surface area (Å²) in [6, 6.07) is 4.51. The molecule has 1 N–H and O–H groups in total. The Balaban J connectivity index is 1.93. The SMILES string of the molecule is COc1cc(C)n(CCNC(=O)Cn2cnc(C)cc2=O)c(=O)c1. The molecule has 24 heavy (non-hydrogen) atoms. The molecule has 8 heteroatoms. The maximum absolute atomic E-state index is 12.0. The third kappa shape index (κ3) is 4.31. The van der Waals surface area contributed by atoms with Gasteiger partial charge in [0.05, 0.1) is 13.4 Å². The second-order valence-electron chi connectivity index (χ2n) is 5.37. The van der Waals surface area contributed by atoms with Crippen molar-refractivity contribution in [3.8, 4) is 5.75 Å². The number of hydrogen-bond acceptors (Lipinski definition) is 5. The molecule has 0 bridgehead atoms. The molecule has 2 heterocycles. The second kappa shape index (κ2) is 7.58. The molecule has 8 nitrogen and oxygen atoms in total. The Bertz CT molecular complexity index is 854. The van der Waals surface area contributed by atoms with Crippen LogP contribution in [0, 0.1) is 13.8 Å². The van der Waals surface area contributed by atoms with Gasteiger partial charge in [-0.3, -0.25) is 19.0 Å². The lowest BCUT2D eigenvalue weighted by Gasteiger charge is -2.12. The van der Waals surface area contributed by atoms with Crippen LogP contribution in [0.15, 0.2) is 34.1 Å². The minimum absolute atomic E-state index is 0.109. The van der Waals surface area contributed by atoms with E-state index in [9.17, 15) is 14.4 Å². The first-order chi connectivity index (χ1) is 11.4. The van der Waals surface area contributed by atoms with Crippen LogP contribution in [-0.4, -0.2) is 33.7 Å². The lowest BCUT2D eigenvalue weighted by Crippen LogP contribution is -2.35. The first-order valence-corrected chi connectivity index (χ1v) is 7.46. The number of carbonyl (C=O) groups is 1. The average molecular weight is 332 g/mol. The maximum atomic E-state index is 12.0. The van der Waals surface area contributed by atoms with Crippen LogP contribution < -0.4 is 21.2 Å². The van der Waals surface area contributed by atoms with Crippen molar-refractivity contribution < 1.29 is 9.53 Å². The molecule has 0 aliphatic heterocycles. The zero-order valence-electron chi connectivity index (χ0n) is 13.9. The van der Waals surface area contributed by atoms with Crippen LogP contribution in [0.1, 0.15) is 11.4 Å². The van der Waals surface area contributed by atoms with Gasteiger partial charge in [-0.1, -0.05) is 0 Å². The van der Waals surface area contributed by atoms with Crippen LogP contribution in [-0.2, 0) is 17.9 Å². The van der Waals surface area contributed by atoms with E-state index in [1.54, 1.807) is 24.5 Å². The van der Waals surface area contributed by atoms with Gasteiger partial charge in [-0.25, -0.2) is 4.98 Å². The van der Waals surface area contributed by atoms with Crippen molar-refractivity contribution in [3.05, 3.63) is 56.6 Å². The quantitative estimate of drug-likeness (QED) is 0.793. The van der Waals surface area contributed by atoms with E-state index < -0.39 is 0 Å². The molecule has 0 unspecified atom stereocenters. The number of pyridine rings is 1. The van der Waals surface area contributed by atoms with Crippen LogP contribution in [0.4, 0.5) is 0 Å². The van der Waals surface area contributed by atoms with Crippen LogP contribution in [0.25, 0.3) is 0 Å². The van der Waals surface area contributed by atoms with Gasteiger partial charge < -0.3 is 14.6 Å². The van der Waals surface area contributed by atoms with Gasteiger partial charge in [0.2, 0.25) is 5.91 Å². The molecule has 0 aromatic carbocycles. The van der Waals surface area contributed by atoms with Crippen molar-refractivity contribution in [3.63, 3.8) is 0 Å². The van der Waals surface area contributed by atoms with Gasteiger partial charge in [0.1, 0.15) is 12.3 Å². The molecule has 2 rings (SSSR count). The molecule has 0 spiro atoms. The highest BCUT2D eigenvalue weighted by Gasteiger charge is 2.07. The molecule has 0 aliphatic rings. The molecule has 0 radical (unpaired) electrons. The third-order valence-electron chi connectivity index (χ3n) is 3.53. The zero-order valence-corrected chi connectivity index (χ0v) is 13.9. The summed E-state index contributed by atoms with van der Waals surface area (Å²) in [5.41, 5.74) is 0.874. The Morgan fingerprint density at radius 2 is 1.96 bits per heavy atom. The molecule has 0 aliphatic carbocycles. The average Bonchev–Trinajstić information content (AvgIpc) is 2.52. The second-order valence-corrected chi connectivity index (χ2v) is 5.37. The van der Waals surface area contributed by atoms with Crippen molar-refractivity contribution in [2.24, 2.45) is 0 Å². The Kier molecular flexibility index (Phi) is 5.51. The van der Waals surface area contributed by atoms with Gasteiger partial charge in [-0.2, -0.15) is 0 Å². The highest BCUT2D eigenvalue weighted by atomic mass is 16.5. The van der Waals surface area contributed by atoms with E-state index in [-0.39, 0.29) is 30.1 Å². The number of amides is 1. The van der Waals surface area contributed by atoms with Gasteiger partial charge in [0.15, 0.2) is 0 Å². The van der Waals surface area contributed by atoms with E-state index in [0.717, 1.165) is 5.69 Å². The summed E-state index contributed by atoms with van der Waals surface area (Å²) in [5, 5.41) is 2.69. The number of hydrogen-bond donors (Lipinski definition) is 1. The van der Waals surface area contributed by atoms with E-state index in [2.05, 4.69) is 10.3 Å². The zero-order chi connectivity index (χ0) is 17.7. The van der Waals surface area contributed by atoms with Gasteiger partial charge in [0, 0.05) is 36.6 Å². The van der Waals surface area contributed by atoms with Crippen LogP contribution >= 0.6 is 0 Å². The maximum Gasteiger partial charge on any atom is 0.254 e. The Morgan fingerprint density at radius 3 is 2.58 bits per heavy atom. The summed E-state index contributed by atoms with van der Waals surface area (Å²) >= 11 is 0. The highest BCUT2D eigenvalue weighted by molar-refractivity contribution is 5.75. The smallest absolute Gasteiger partial charge is 0.254 e. The summed E-state index contributed by atoms with van der Waals surface area (Å²) in [4.78, 5) is 39.6. The highest BCUT2D eigenvalue weighted by Crippen LogP contribution is 2.08. The molecule has 0 atom stereocenters. The number of ether oxygens (including phenoxy) is 1. The molecule has 0 saturated carbocycles. The Morgan fingerprint density at radius 1 is 1.21 bits per heavy atom. The van der Waals surface area contributed by atoms with Crippen molar-refractivity contribution in [1.82, 2.24) is 19.4 Å². The summed E-state index contributed by atoms with van der Waals surface area (Å²) < 4.78 is 7.81. The molecule has 1 amide bonds. The molecular formula is C16H20N4O4. The lowest BCUT2D eigenvalue weighted by atomic mass is 10.3. The van der Waals surface area contributed by atoms with E-state index in [0.29, 0.717) is 18.0 Å². The number of methoxy groups -OCH3 is 1. The fourth-order valence-corrected chi connectivity index (χ4v) is 2.26. The summed E-state index contributed by atoms with van der Waals surface area (Å²) in [5.74, 6) is 0.186. The summed E-state index contributed by atoms with van der Waals surface area (Å²) in [7, 11) is 1.50. The normalized spacial score (nSPS) is 10.5. The van der Waals surface area contributed by atoms with Crippen LogP contribution in [0.2, 0.25) is 0 Å². The number of nitrogens with zero attached hydrogens (tertiary/aromatic N) is 3. The topological polar surface area (TPSA) is 95.2 Å². The Labute approximate surface area is 138 Å². The molecule has 2 aromatic heterocycles. The number of aromatic nitrogens is 3. The van der Waals surface area contributed by atoms with Crippen molar-refractivity contribution in [2.45, 2.75) is 26.9 Å². The summed E-state index contributed by atoms with van der Waals surface area (Å²) in [6.45, 7) is 4.01. The van der Waals surface area contributed by atoms with E-state index in [1.807, 2.05) is 0 Å². The van der Waals surface area contributed by atoms with Crippen LogP contribution in [0.5, 0.6) is 5.75 Å². The fraction of sp³-hybridized carbons (Fsp3) is 0.375. The van der Waals surface area contributed by atoms with Crippen molar-refractivity contribution in [1.29, 1.82) is 0 Å². The minimum Gasteiger partial charge on any atom is -0.496 e. The minimum atomic E-state index is -0.318. The van der Waals surface area contributed by atoms with Gasteiger partial charge >= 0.3 is 0 Å². The van der Waals surface area contributed by atoms with Crippen molar-refractivity contribution >= 4 is 5.91 Å². The predicted octanol–water partition coefficient (Wildman–Crippen LogP) is -0.153. The standard InChI is InChI=1S/C16H20N4O4/c1-11-6-15(22)19(10-18-11)9-14(21)17-4-5-20-12(2)7-13(24-3)8-16(20)23/h6-8,10H,4-5,9H2,1-3H3,(H,17,21). The predicted molar refractivity (Wildman–Crippen MR) is 88.2 cm³/mol. The van der Waals surface area contributed by atoms with Gasteiger partial charge in [-0.15, -0.1) is 0 Å². The number of rotatable bonds is 6.